The second-order valence-electron chi connectivity index (χ2n) is 7.03. The van der Waals surface area contributed by atoms with Gasteiger partial charge in [0.2, 0.25) is 0 Å². The monoisotopic (exact) mass is 351 g/mol. The van der Waals surface area contributed by atoms with E-state index >= 15 is 0 Å². The number of carbonyl (C=O) groups excluding carboxylic acids is 1. The van der Waals surface area contributed by atoms with Crippen molar-refractivity contribution in [2.24, 2.45) is 0 Å². The van der Waals surface area contributed by atoms with Crippen LogP contribution in [0.25, 0.3) is 0 Å². The van der Waals surface area contributed by atoms with E-state index in [1.54, 1.807) is 18.2 Å². The third-order valence-electron chi connectivity index (χ3n) is 4.89. The minimum Gasteiger partial charge on any atom is -0.338 e. The maximum absolute atomic E-state index is 12.9. The lowest BCUT2D eigenvalue weighted by Gasteiger charge is -2.33. The van der Waals surface area contributed by atoms with Crippen molar-refractivity contribution in [2.75, 3.05) is 33.7 Å². The first-order valence-electron chi connectivity index (χ1n) is 9.04. The second-order valence-corrected chi connectivity index (χ2v) is 7.03. The van der Waals surface area contributed by atoms with Gasteiger partial charge in [-0.15, -0.1) is 0 Å². The summed E-state index contributed by atoms with van der Waals surface area (Å²) in [5.74, 6) is 1.23. The number of likely N-dealkylation sites (N-methyl/N-ethyl adjacent to an activating group) is 1. The fraction of sp³-hybridized carbons (Fsp3) is 0.450. The standard InChI is InChI=1S/C20H25N5O/c1-23(2)12-13-24-11-9-22-19(24)17-7-5-10-25(15-17)20(26)18-8-4-3-6-16(18)14-21/h3-4,6,8-9,11,17H,5,7,10,12-13,15H2,1-2H3. The molecular weight excluding hydrogens is 326 g/mol. The van der Waals surface area contributed by atoms with E-state index in [1.165, 1.54) is 0 Å². The van der Waals surface area contributed by atoms with E-state index in [-0.39, 0.29) is 11.8 Å². The van der Waals surface area contributed by atoms with Crippen LogP contribution in [0.1, 0.15) is 40.5 Å². The van der Waals surface area contributed by atoms with E-state index in [2.05, 4.69) is 34.6 Å². The van der Waals surface area contributed by atoms with Crippen molar-refractivity contribution < 1.29 is 4.79 Å². The fourth-order valence-corrected chi connectivity index (χ4v) is 3.49. The van der Waals surface area contributed by atoms with Crippen molar-refractivity contribution in [3.63, 3.8) is 0 Å². The van der Waals surface area contributed by atoms with Gasteiger partial charge in [-0.1, -0.05) is 12.1 Å². The van der Waals surface area contributed by atoms with Crippen LogP contribution in [0.4, 0.5) is 0 Å². The Hall–Kier alpha value is -2.65. The Morgan fingerprint density at radius 2 is 2.19 bits per heavy atom. The lowest BCUT2D eigenvalue weighted by molar-refractivity contribution is 0.0703. The molecule has 136 valence electrons. The predicted octanol–water partition coefficient (Wildman–Crippen LogP) is 2.34. The summed E-state index contributed by atoms with van der Waals surface area (Å²) in [5, 5.41) is 9.27. The number of imidazole rings is 1. The number of hydrogen-bond donors (Lipinski definition) is 0. The van der Waals surface area contributed by atoms with Crippen molar-refractivity contribution in [2.45, 2.75) is 25.3 Å². The summed E-state index contributed by atoms with van der Waals surface area (Å²) in [6.45, 7) is 3.23. The van der Waals surface area contributed by atoms with Gasteiger partial charge in [0, 0.05) is 44.5 Å². The van der Waals surface area contributed by atoms with Crippen molar-refractivity contribution in [3.05, 3.63) is 53.6 Å². The van der Waals surface area contributed by atoms with E-state index < -0.39 is 0 Å². The van der Waals surface area contributed by atoms with Gasteiger partial charge in [0.05, 0.1) is 17.2 Å². The topological polar surface area (TPSA) is 65.2 Å². The molecule has 1 unspecified atom stereocenters. The normalized spacial score (nSPS) is 17.3. The van der Waals surface area contributed by atoms with Gasteiger partial charge in [0.25, 0.3) is 5.91 Å². The highest BCUT2D eigenvalue weighted by Crippen LogP contribution is 2.27. The quantitative estimate of drug-likeness (QED) is 0.829. The largest absolute Gasteiger partial charge is 0.338 e. The maximum Gasteiger partial charge on any atom is 0.255 e. The summed E-state index contributed by atoms with van der Waals surface area (Å²) >= 11 is 0. The van der Waals surface area contributed by atoms with Crippen LogP contribution in [0.5, 0.6) is 0 Å². The number of hydrogen-bond acceptors (Lipinski definition) is 4. The molecule has 0 spiro atoms. The molecular formula is C20H25N5O. The zero-order valence-corrected chi connectivity index (χ0v) is 15.4. The molecule has 0 aliphatic carbocycles. The number of amides is 1. The number of piperidine rings is 1. The first-order chi connectivity index (χ1) is 12.6. The summed E-state index contributed by atoms with van der Waals surface area (Å²) in [7, 11) is 4.12. The molecule has 0 bridgehead atoms. The minimum atomic E-state index is -0.0572. The first-order valence-corrected chi connectivity index (χ1v) is 9.04. The van der Waals surface area contributed by atoms with Crippen LogP contribution < -0.4 is 0 Å². The predicted molar refractivity (Wildman–Crippen MR) is 99.8 cm³/mol. The van der Waals surface area contributed by atoms with Crippen molar-refractivity contribution in [1.82, 2.24) is 19.4 Å². The molecule has 2 heterocycles. The fourth-order valence-electron chi connectivity index (χ4n) is 3.49. The Bertz CT molecular complexity index is 805. The first kappa shape index (κ1) is 18.2. The number of rotatable bonds is 5. The Morgan fingerprint density at radius 3 is 2.96 bits per heavy atom. The molecule has 1 aromatic heterocycles. The summed E-state index contributed by atoms with van der Waals surface area (Å²) in [6.07, 6.45) is 5.84. The van der Waals surface area contributed by atoms with E-state index in [4.69, 9.17) is 0 Å². The molecule has 6 heteroatoms. The summed E-state index contributed by atoms with van der Waals surface area (Å²) in [4.78, 5) is 21.5. The van der Waals surface area contributed by atoms with Crippen molar-refractivity contribution >= 4 is 5.91 Å². The van der Waals surface area contributed by atoms with Crippen molar-refractivity contribution in [1.29, 1.82) is 5.26 Å². The van der Waals surface area contributed by atoms with Crippen LogP contribution in [-0.4, -0.2) is 59.0 Å². The van der Waals surface area contributed by atoms with Gasteiger partial charge in [-0.05, 0) is 39.1 Å². The van der Waals surface area contributed by atoms with Gasteiger partial charge in [0.1, 0.15) is 5.82 Å². The van der Waals surface area contributed by atoms with Crippen LogP contribution in [-0.2, 0) is 6.54 Å². The van der Waals surface area contributed by atoms with Gasteiger partial charge >= 0.3 is 0 Å². The molecule has 1 aromatic carbocycles. The Morgan fingerprint density at radius 1 is 1.38 bits per heavy atom. The van der Waals surface area contributed by atoms with Crippen LogP contribution in [0.15, 0.2) is 36.7 Å². The second kappa shape index (κ2) is 8.15. The van der Waals surface area contributed by atoms with Gasteiger partial charge in [-0.25, -0.2) is 4.98 Å². The van der Waals surface area contributed by atoms with E-state index in [0.717, 1.165) is 38.3 Å². The zero-order chi connectivity index (χ0) is 18.5. The SMILES string of the molecule is CN(C)CCn1ccnc1C1CCCN(C(=O)c2ccccc2C#N)C1. The zero-order valence-electron chi connectivity index (χ0n) is 15.4. The lowest BCUT2D eigenvalue weighted by Crippen LogP contribution is -2.40. The molecule has 0 N–H and O–H groups in total. The van der Waals surface area contributed by atoms with E-state index in [9.17, 15) is 10.1 Å². The number of carbonyl (C=O) groups is 1. The third-order valence-corrected chi connectivity index (χ3v) is 4.89. The van der Waals surface area contributed by atoms with E-state index in [0.29, 0.717) is 17.7 Å². The van der Waals surface area contributed by atoms with E-state index in [1.807, 2.05) is 23.4 Å². The average Bonchev–Trinajstić information content (AvgIpc) is 3.14. The summed E-state index contributed by atoms with van der Waals surface area (Å²) in [5.41, 5.74) is 0.929. The Labute approximate surface area is 154 Å². The number of likely N-dealkylation sites (tertiary alicyclic amines) is 1. The highest BCUT2D eigenvalue weighted by Gasteiger charge is 2.28. The number of aromatic nitrogens is 2. The third kappa shape index (κ3) is 3.94. The minimum absolute atomic E-state index is 0.0572. The molecule has 2 aromatic rings. The molecule has 6 nitrogen and oxygen atoms in total. The van der Waals surface area contributed by atoms with Crippen molar-refractivity contribution in [3.8, 4) is 6.07 Å². The van der Waals surface area contributed by atoms with Crippen LogP contribution in [0, 0.1) is 11.3 Å². The molecule has 1 aliphatic heterocycles. The van der Waals surface area contributed by atoms with Crippen LogP contribution in [0.3, 0.4) is 0 Å². The maximum atomic E-state index is 12.9. The Kier molecular flexibility index (Phi) is 5.69. The highest BCUT2D eigenvalue weighted by molar-refractivity contribution is 5.96. The lowest BCUT2D eigenvalue weighted by atomic mass is 9.96. The van der Waals surface area contributed by atoms with Crippen LogP contribution in [0.2, 0.25) is 0 Å². The average molecular weight is 351 g/mol. The summed E-state index contributed by atoms with van der Waals surface area (Å²) in [6, 6.07) is 9.15. The molecule has 1 fully saturated rings. The Balaban J connectivity index is 1.75. The molecule has 26 heavy (non-hydrogen) atoms. The smallest absolute Gasteiger partial charge is 0.255 e. The van der Waals surface area contributed by atoms with Gasteiger partial charge in [-0.3, -0.25) is 4.79 Å². The number of nitrogens with zero attached hydrogens (tertiary/aromatic N) is 5. The van der Waals surface area contributed by atoms with Gasteiger partial charge in [-0.2, -0.15) is 5.26 Å². The van der Waals surface area contributed by atoms with Crippen LogP contribution >= 0.6 is 0 Å². The molecule has 0 radical (unpaired) electrons. The highest BCUT2D eigenvalue weighted by atomic mass is 16.2. The molecule has 1 aliphatic rings. The molecule has 1 atom stereocenters. The number of benzene rings is 1. The molecule has 3 rings (SSSR count). The van der Waals surface area contributed by atoms with Gasteiger partial charge < -0.3 is 14.4 Å². The summed E-state index contributed by atoms with van der Waals surface area (Å²) < 4.78 is 2.20. The van der Waals surface area contributed by atoms with Gasteiger partial charge in [0.15, 0.2) is 0 Å². The number of nitriles is 1. The molecule has 1 amide bonds. The molecule has 1 saturated heterocycles. The molecule has 0 saturated carbocycles.